The maximum Gasteiger partial charge on any atom is 0.188 e. The van der Waals surface area contributed by atoms with Crippen molar-refractivity contribution >= 4 is 22.8 Å². The highest BCUT2D eigenvalue weighted by Crippen LogP contribution is 2.34. The number of aromatic nitrogens is 1. The number of fused-ring (bicyclic) bond motifs is 1. The summed E-state index contributed by atoms with van der Waals surface area (Å²) in [7, 11) is 0. The third kappa shape index (κ3) is 4.41. The fraction of sp³-hybridized carbons (Fsp3) is 0.143. The number of hydrogen-bond donors (Lipinski definition) is 0. The second-order valence-corrected chi connectivity index (χ2v) is 7.53. The van der Waals surface area contributed by atoms with E-state index in [0.717, 1.165) is 44.6 Å². The molecule has 0 aliphatic carbocycles. The Labute approximate surface area is 183 Å². The maximum absolute atomic E-state index is 13.4. The summed E-state index contributed by atoms with van der Waals surface area (Å²) in [6.07, 6.45) is 3.47. The molecule has 0 aliphatic heterocycles. The Balaban J connectivity index is 1.80. The molecule has 4 rings (SSSR count). The highest BCUT2D eigenvalue weighted by Gasteiger charge is 2.19. The molecule has 0 atom stereocenters. The first-order chi connectivity index (χ1) is 15.1. The number of carbonyl (C=O) groups is 1. The number of allylic oxidation sites excluding steroid dienone is 1. The Hall–Kier alpha value is -3.72. The van der Waals surface area contributed by atoms with Gasteiger partial charge in [0.1, 0.15) is 5.75 Å². The van der Waals surface area contributed by atoms with Crippen molar-refractivity contribution in [3.63, 3.8) is 0 Å². The van der Waals surface area contributed by atoms with Crippen LogP contribution in [0.5, 0.6) is 5.75 Å². The zero-order chi connectivity index (χ0) is 21.8. The zero-order valence-electron chi connectivity index (χ0n) is 18.1. The van der Waals surface area contributed by atoms with Crippen LogP contribution in [0.2, 0.25) is 0 Å². The summed E-state index contributed by atoms with van der Waals surface area (Å²) in [5.74, 6) is 0.767. The molecule has 1 heterocycles. The number of hydrogen-bond acceptors (Lipinski definition) is 3. The molecule has 3 heteroatoms. The average molecular weight is 408 g/mol. The second kappa shape index (κ2) is 8.97. The van der Waals surface area contributed by atoms with E-state index in [1.54, 1.807) is 6.08 Å². The standard InChI is InChI=1S/C28H25NO2/c1-4-31-23-14-11-21(12-15-23)13-17-26(30)27-20(3)29-25-16-10-19(2)18-24(25)28(27)22-8-6-5-7-9-22/h5-18H,4H2,1-3H3/b17-13+. The molecule has 0 bridgehead atoms. The van der Waals surface area contributed by atoms with Gasteiger partial charge in [0.05, 0.1) is 17.7 Å². The van der Waals surface area contributed by atoms with Crippen molar-refractivity contribution in [3.8, 4) is 16.9 Å². The second-order valence-electron chi connectivity index (χ2n) is 7.53. The van der Waals surface area contributed by atoms with Gasteiger partial charge in [-0.2, -0.15) is 0 Å². The van der Waals surface area contributed by atoms with Gasteiger partial charge in [0.25, 0.3) is 0 Å². The fourth-order valence-electron chi connectivity index (χ4n) is 3.80. The first-order valence-corrected chi connectivity index (χ1v) is 10.5. The lowest BCUT2D eigenvalue weighted by Gasteiger charge is -2.14. The molecule has 3 aromatic carbocycles. The predicted octanol–water partition coefficient (Wildman–Crippen LogP) is 6.81. The Morgan fingerprint density at radius 3 is 2.42 bits per heavy atom. The normalized spacial score (nSPS) is 11.2. The number of carbonyl (C=O) groups excluding carboxylic acids is 1. The summed E-state index contributed by atoms with van der Waals surface area (Å²) >= 11 is 0. The molecule has 0 spiro atoms. The van der Waals surface area contributed by atoms with Crippen molar-refractivity contribution in [1.82, 2.24) is 4.98 Å². The predicted molar refractivity (Wildman–Crippen MR) is 128 cm³/mol. The molecule has 0 amide bonds. The molecule has 0 radical (unpaired) electrons. The molecular formula is C28H25NO2. The van der Waals surface area contributed by atoms with Gasteiger partial charge in [0.15, 0.2) is 5.78 Å². The van der Waals surface area contributed by atoms with Gasteiger partial charge in [-0.15, -0.1) is 0 Å². The van der Waals surface area contributed by atoms with Crippen molar-refractivity contribution < 1.29 is 9.53 Å². The van der Waals surface area contributed by atoms with Crippen LogP contribution in [0, 0.1) is 13.8 Å². The van der Waals surface area contributed by atoms with E-state index in [9.17, 15) is 4.79 Å². The van der Waals surface area contributed by atoms with Crippen molar-refractivity contribution in [1.29, 1.82) is 0 Å². The van der Waals surface area contributed by atoms with Crippen molar-refractivity contribution in [2.24, 2.45) is 0 Å². The van der Waals surface area contributed by atoms with Gasteiger partial charge in [0, 0.05) is 16.6 Å². The van der Waals surface area contributed by atoms with Crippen molar-refractivity contribution in [3.05, 3.63) is 101 Å². The van der Waals surface area contributed by atoms with Crippen LogP contribution in [0.3, 0.4) is 0 Å². The smallest absolute Gasteiger partial charge is 0.188 e. The van der Waals surface area contributed by atoms with Gasteiger partial charge in [-0.1, -0.05) is 60.2 Å². The topological polar surface area (TPSA) is 39.2 Å². The Kier molecular flexibility index (Phi) is 5.94. The van der Waals surface area contributed by atoms with Crippen LogP contribution in [0.25, 0.3) is 28.1 Å². The SMILES string of the molecule is CCOc1ccc(/C=C/C(=O)c2c(C)nc3ccc(C)cc3c2-c2ccccc2)cc1. The maximum atomic E-state index is 13.4. The van der Waals surface area contributed by atoms with Gasteiger partial charge < -0.3 is 4.74 Å². The van der Waals surface area contributed by atoms with E-state index < -0.39 is 0 Å². The lowest BCUT2D eigenvalue weighted by Crippen LogP contribution is -2.05. The summed E-state index contributed by atoms with van der Waals surface area (Å²) in [5, 5.41) is 0.995. The molecule has 31 heavy (non-hydrogen) atoms. The van der Waals surface area contributed by atoms with Crippen molar-refractivity contribution in [2.45, 2.75) is 20.8 Å². The number of pyridine rings is 1. The molecule has 0 saturated carbocycles. The molecule has 0 saturated heterocycles. The summed E-state index contributed by atoms with van der Waals surface area (Å²) in [5.41, 5.74) is 6.31. The quantitative estimate of drug-likeness (QED) is 0.260. The van der Waals surface area contributed by atoms with Gasteiger partial charge in [0.2, 0.25) is 0 Å². The van der Waals surface area contributed by atoms with Crippen LogP contribution in [-0.2, 0) is 0 Å². The van der Waals surface area contributed by atoms with Crippen LogP contribution >= 0.6 is 0 Å². The highest BCUT2D eigenvalue weighted by atomic mass is 16.5. The van der Waals surface area contributed by atoms with Crippen LogP contribution < -0.4 is 4.74 Å². The van der Waals surface area contributed by atoms with Crippen LogP contribution in [0.15, 0.2) is 78.9 Å². The summed E-state index contributed by atoms with van der Waals surface area (Å²) in [6, 6.07) is 24.0. The van der Waals surface area contributed by atoms with Gasteiger partial charge in [-0.25, -0.2) is 0 Å². The van der Waals surface area contributed by atoms with Gasteiger partial charge >= 0.3 is 0 Å². The number of rotatable bonds is 6. The minimum atomic E-state index is -0.0545. The lowest BCUT2D eigenvalue weighted by molar-refractivity contribution is 0.104. The Bertz CT molecular complexity index is 1260. The van der Waals surface area contributed by atoms with E-state index in [0.29, 0.717) is 12.2 Å². The molecule has 4 aromatic rings. The van der Waals surface area contributed by atoms with Crippen molar-refractivity contribution in [2.75, 3.05) is 6.61 Å². The van der Waals surface area contributed by atoms with E-state index in [4.69, 9.17) is 9.72 Å². The number of benzene rings is 3. The molecule has 154 valence electrons. The molecule has 0 N–H and O–H groups in total. The van der Waals surface area contributed by atoms with E-state index in [1.165, 1.54) is 0 Å². The third-order valence-electron chi connectivity index (χ3n) is 5.25. The molecule has 0 aliphatic rings. The molecular weight excluding hydrogens is 382 g/mol. The number of ketones is 1. The fourth-order valence-corrected chi connectivity index (χ4v) is 3.80. The minimum absolute atomic E-state index is 0.0545. The first-order valence-electron chi connectivity index (χ1n) is 10.5. The highest BCUT2D eigenvalue weighted by molar-refractivity contribution is 6.16. The van der Waals surface area contributed by atoms with E-state index in [1.807, 2.05) is 80.6 Å². The zero-order valence-corrected chi connectivity index (χ0v) is 18.1. The number of nitrogens with zero attached hydrogens (tertiary/aromatic N) is 1. The average Bonchev–Trinajstić information content (AvgIpc) is 2.78. The third-order valence-corrected chi connectivity index (χ3v) is 5.25. The molecule has 1 aromatic heterocycles. The minimum Gasteiger partial charge on any atom is -0.494 e. The Morgan fingerprint density at radius 2 is 1.71 bits per heavy atom. The Morgan fingerprint density at radius 1 is 0.968 bits per heavy atom. The van der Waals surface area contributed by atoms with E-state index >= 15 is 0 Å². The molecule has 0 fully saturated rings. The number of aryl methyl sites for hydroxylation is 2. The van der Waals surface area contributed by atoms with E-state index in [2.05, 4.69) is 19.1 Å². The molecule has 0 unspecified atom stereocenters. The summed E-state index contributed by atoms with van der Waals surface area (Å²) < 4.78 is 5.49. The summed E-state index contributed by atoms with van der Waals surface area (Å²) in [4.78, 5) is 18.1. The first kappa shape index (κ1) is 20.5. The largest absolute Gasteiger partial charge is 0.494 e. The van der Waals surface area contributed by atoms with Gasteiger partial charge in [-0.3, -0.25) is 9.78 Å². The van der Waals surface area contributed by atoms with E-state index in [-0.39, 0.29) is 5.78 Å². The number of ether oxygens (including phenoxy) is 1. The monoisotopic (exact) mass is 407 g/mol. The molecule has 3 nitrogen and oxygen atoms in total. The van der Waals surface area contributed by atoms with Gasteiger partial charge in [-0.05, 0) is 62.2 Å². The lowest BCUT2D eigenvalue weighted by atomic mass is 9.91. The van der Waals surface area contributed by atoms with Crippen LogP contribution in [0.4, 0.5) is 0 Å². The van der Waals surface area contributed by atoms with Crippen LogP contribution in [-0.4, -0.2) is 17.4 Å². The summed E-state index contributed by atoms with van der Waals surface area (Å²) in [6.45, 7) is 6.55. The van der Waals surface area contributed by atoms with Crippen LogP contribution in [0.1, 0.15) is 34.1 Å².